The molecule has 0 bridgehead atoms. The maximum Gasteiger partial charge on any atom is 0.317 e. The van der Waals surface area contributed by atoms with Crippen molar-refractivity contribution in [3.63, 3.8) is 0 Å². The van der Waals surface area contributed by atoms with Crippen LogP contribution in [-0.4, -0.2) is 30.6 Å². The average molecular weight is 212 g/mol. The van der Waals surface area contributed by atoms with Crippen molar-refractivity contribution in [3.8, 4) is 0 Å². The second-order valence-corrected chi connectivity index (χ2v) is 4.77. The maximum absolute atomic E-state index is 11.7. The van der Waals surface area contributed by atoms with E-state index >= 15 is 0 Å². The zero-order valence-electron chi connectivity index (χ0n) is 10.3. The molecule has 0 spiro atoms. The molecule has 1 aliphatic rings. The van der Waals surface area contributed by atoms with Gasteiger partial charge in [-0.15, -0.1) is 0 Å². The molecule has 2 unspecified atom stereocenters. The highest BCUT2D eigenvalue weighted by atomic mass is 16.2. The highest BCUT2D eigenvalue weighted by Crippen LogP contribution is 2.26. The van der Waals surface area contributed by atoms with E-state index in [0.717, 1.165) is 25.3 Å². The predicted molar refractivity (Wildman–Crippen MR) is 62.9 cm³/mol. The van der Waals surface area contributed by atoms with Crippen LogP contribution in [-0.2, 0) is 0 Å². The van der Waals surface area contributed by atoms with Crippen LogP contribution in [0.5, 0.6) is 0 Å². The van der Waals surface area contributed by atoms with Gasteiger partial charge in [0.2, 0.25) is 0 Å². The molecule has 88 valence electrons. The van der Waals surface area contributed by atoms with Crippen LogP contribution in [0, 0.1) is 5.92 Å². The molecule has 0 aromatic carbocycles. The summed E-state index contributed by atoms with van der Waals surface area (Å²) in [7, 11) is 1.92. The van der Waals surface area contributed by atoms with Gasteiger partial charge in [-0.1, -0.05) is 26.7 Å². The molecule has 0 aromatic heterocycles. The fourth-order valence-electron chi connectivity index (χ4n) is 2.28. The van der Waals surface area contributed by atoms with Crippen LogP contribution in [0.25, 0.3) is 0 Å². The smallest absolute Gasteiger partial charge is 0.317 e. The number of nitrogens with zero attached hydrogens (tertiary/aromatic N) is 1. The largest absolute Gasteiger partial charge is 0.338 e. The fourth-order valence-corrected chi connectivity index (χ4v) is 2.28. The Kier molecular flexibility index (Phi) is 4.92. The summed E-state index contributed by atoms with van der Waals surface area (Å²) in [5.74, 6) is 0.769. The summed E-state index contributed by atoms with van der Waals surface area (Å²) >= 11 is 0. The minimum absolute atomic E-state index is 0.0935. The van der Waals surface area contributed by atoms with Gasteiger partial charge in [0.1, 0.15) is 0 Å². The number of hydrogen-bond acceptors (Lipinski definition) is 1. The van der Waals surface area contributed by atoms with Crippen LogP contribution in [0.3, 0.4) is 0 Å². The van der Waals surface area contributed by atoms with Crippen molar-refractivity contribution in [3.05, 3.63) is 0 Å². The lowest BCUT2D eigenvalue weighted by Gasteiger charge is -2.34. The third kappa shape index (κ3) is 3.73. The molecule has 2 atom stereocenters. The second-order valence-electron chi connectivity index (χ2n) is 4.77. The van der Waals surface area contributed by atoms with Gasteiger partial charge in [-0.3, -0.25) is 0 Å². The Morgan fingerprint density at radius 3 is 2.80 bits per heavy atom. The lowest BCUT2D eigenvalue weighted by molar-refractivity contribution is 0.160. The number of hydrogen-bond donors (Lipinski definition) is 1. The van der Waals surface area contributed by atoms with E-state index in [9.17, 15) is 4.79 Å². The molecule has 1 saturated carbocycles. The maximum atomic E-state index is 11.7. The molecule has 0 heterocycles. The first-order valence-corrected chi connectivity index (χ1v) is 6.15. The summed E-state index contributed by atoms with van der Waals surface area (Å²) < 4.78 is 0. The van der Waals surface area contributed by atoms with Crippen LogP contribution in [0.4, 0.5) is 4.79 Å². The van der Waals surface area contributed by atoms with Gasteiger partial charge < -0.3 is 10.2 Å². The summed E-state index contributed by atoms with van der Waals surface area (Å²) in [6.45, 7) is 5.14. The van der Waals surface area contributed by atoms with Gasteiger partial charge in [-0.2, -0.15) is 0 Å². The normalized spacial score (nSPS) is 26.1. The number of rotatable bonds is 3. The Morgan fingerprint density at radius 2 is 2.20 bits per heavy atom. The minimum Gasteiger partial charge on any atom is -0.338 e. The van der Waals surface area contributed by atoms with Gasteiger partial charge in [0.15, 0.2) is 0 Å². The van der Waals surface area contributed by atoms with Crippen molar-refractivity contribution in [2.45, 2.75) is 52.0 Å². The molecular formula is C12H24N2O. The molecule has 1 N–H and O–H groups in total. The molecule has 0 radical (unpaired) electrons. The summed E-state index contributed by atoms with van der Waals surface area (Å²) in [5, 5.41) is 2.93. The molecule has 1 aliphatic carbocycles. The SMILES string of the molecule is CCCNC(=O)N(C)C1CCCC(C)C1. The van der Waals surface area contributed by atoms with Crippen molar-refractivity contribution >= 4 is 6.03 Å². The topological polar surface area (TPSA) is 32.3 Å². The number of carbonyl (C=O) groups is 1. The average Bonchev–Trinajstić information content (AvgIpc) is 2.24. The van der Waals surface area contributed by atoms with E-state index in [-0.39, 0.29) is 6.03 Å². The minimum atomic E-state index is 0.0935. The summed E-state index contributed by atoms with van der Waals surface area (Å²) in [6.07, 6.45) is 5.91. The zero-order valence-corrected chi connectivity index (χ0v) is 10.3. The quantitative estimate of drug-likeness (QED) is 0.766. The van der Waals surface area contributed by atoms with E-state index in [0.29, 0.717) is 6.04 Å². The van der Waals surface area contributed by atoms with E-state index < -0.39 is 0 Å². The molecule has 3 heteroatoms. The third-order valence-electron chi connectivity index (χ3n) is 3.30. The van der Waals surface area contributed by atoms with E-state index in [2.05, 4.69) is 19.2 Å². The van der Waals surface area contributed by atoms with Crippen LogP contribution in [0.1, 0.15) is 46.0 Å². The van der Waals surface area contributed by atoms with Crippen molar-refractivity contribution in [1.82, 2.24) is 10.2 Å². The van der Waals surface area contributed by atoms with Crippen LogP contribution < -0.4 is 5.32 Å². The Balaban J connectivity index is 2.37. The standard InChI is InChI=1S/C12H24N2O/c1-4-8-13-12(15)14(3)11-7-5-6-10(2)9-11/h10-11H,4-9H2,1-3H3,(H,13,15). The van der Waals surface area contributed by atoms with Crippen molar-refractivity contribution in [2.75, 3.05) is 13.6 Å². The first-order valence-electron chi connectivity index (χ1n) is 6.15. The van der Waals surface area contributed by atoms with Gasteiger partial charge in [0.25, 0.3) is 0 Å². The summed E-state index contributed by atoms with van der Waals surface area (Å²) in [4.78, 5) is 13.6. The molecule has 3 nitrogen and oxygen atoms in total. The molecule has 1 rings (SSSR count). The van der Waals surface area contributed by atoms with Gasteiger partial charge in [-0.05, 0) is 25.2 Å². The zero-order chi connectivity index (χ0) is 11.3. The van der Waals surface area contributed by atoms with Crippen molar-refractivity contribution < 1.29 is 4.79 Å². The van der Waals surface area contributed by atoms with E-state index in [1.54, 1.807) is 0 Å². The number of amides is 2. The first kappa shape index (κ1) is 12.3. The van der Waals surface area contributed by atoms with Gasteiger partial charge in [0, 0.05) is 19.6 Å². The predicted octanol–water partition coefficient (Wildman–Crippen LogP) is 2.62. The Hall–Kier alpha value is -0.730. The molecule has 2 amide bonds. The van der Waals surface area contributed by atoms with Crippen LogP contribution in [0.2, 0.25) is 0 Å². The summed E-state index contributed by atoms with van der Waals surface area (Å²) in [6, 6.07) is 0.543. The Morgan fingerprint density at radius 1 is 1.47 bits per heavy atom. The molecule has 15 heavy (non-hydrogen) atoms. The lowest BCUT2D eigenvalue weighted by Crippen LogP contribution is -2.45. The van der Waals surface area contributed by atoms with Gasteiger partial charge in [0.05, 0.1) is 0 Å². The van der Waals surface area contributed by atoms with Crippen molar-refractivity contribution in [2.24, 2.45) is 5.92 Å². The lowest BCUT2D eigenvalue weighted by atomic mass is 9.86. The first-order chi connectivity index (χ1) is 7.15. The van der Waals surface area contributed by atoms with Crippen molar-refractivity contribution in [1.29, 1.82) is 0 Å². The van der Waals surface area contributed by atoms with E-state index in [1.807, 2.05) is 11.9 Å². The number of carbonyl (C=O) groups excluding carboxylic acids is 1. The van der Waals surface area contributed by atoms with Gasteiger partial charge in [-0.25, -0.2) is 4.79 Å². The molecular weight excluding hydrogens is 188 g/mol. The third-order valence-corrected chi connectivity index (χ3v) is 3.30. The number of nitrogens with one attached hydrogen (secondary N) is 1. The Bertz CT molecular complexity index is 206. The Labute approximate surface area is 93.2 Å². The second kappa shape index (κ2) is 5.99. The van der Waals surface area contributed by atoms with E-state index in [1.165, 1.54) is 19.3 Å². The molecule has 1 fully saturated rings. The van der Waals surface area contributed by atoms with Crippen LogP contribution in [0.15, 0.2) is 0 Å². The fraction of sp³-hybridized carbons (Fsp3) is 0.917. The molecule has 0 aliphatic heterocycles. The highest BCUT2D eigenvalue weighted by Gasteiger charge is 2.24. The summed E-state index contributed by atoms with van der Waals surface area (Å²) in [5.41, 5.74) is 0. The van der Waals surface area contributed by atoms with Crippen LogP contribution >= 0.6 is 0 Å². The highest BCUT2D eigenvalue weighted by molar-refractivity contribution is 5.74. The number of urea groups is 1. The van der Waals surface area contributed by atoms with Gasteiger partial charge >= 0.3 is 6.03 Å². The monoisotopic (exact) mass is 212 g/mol. The van der Waals surface area contributed by atoms with E-state index in [4.69, 9.17) is 0 Å². The molecule has 0 aromatic rings. The molecule has 0 saturated heterocycles.